The van der Waals surface area contributed by atoms with Gasteiger partial charge >= 0.3 is 0 Å². The number of quaternary nitrogens is 1. The van der Waals surface area contributed by atoms with Crippen LogP contribution >= 0.6 is 33.2 Å². The first-order valence-electron chi connectivity index (χ1n) is 14.4. The molecule has 2 rings (SSSR count). The molecule has 0 N–H and O–H groups in total. The van der Waals surface area contributed by atoms with Crippen LogP contribution in [0.3, 0.4) is 0 Å². The standard InChI is InChI=1S/C16H36N.2C8H9OS2/c1-5-9-13-17(14-10-6-2,15-11-7-3)16-12-8-4;2*1-9-8-4-2-7(3-5-8)6-11-10/h5-16H2,1-4H3;2*2-6,10H,1H3/q+1;;/p-1. The Morgan fingerprint density at radius 2 is 0.974 bits per heavy atom. The van der Waals surface area contributed by atoms with Crippen LogP contribution in [0.4, 0.5) is 0 Å². The fourth-order valence-electron chi connectivity index (χ4n) is 4.13. The Labute approximate surface area is 259 Å². The van der Waals surface area contributed by atoms with Crippen molar-refractivity contribution in [2.75, 3.05) is 40.4 Å². The van der Waals surface area contributed by atoms with Gasteiger partial charge in [-0.15, -0.1) is 11.7 Å². The van der Waals surface area contributed by atoms with Crippen molar-refractivity contribution in [3.8, 4) is 11.5 Å². The van der Waals surface area contributed by atoms with E-state index < -0.39 is 0 Å². The number of methoxy groups -OCH3 is 2. The number of thiol groups is 1. The summed E-state index contributed by atoms with van der Waals surface area (Å²) in [4.78, 5) is 0. The smallest absolute Gasteiger partial charge is 0.118 e. The molecule has 2 radical (unpaired) electrons. The summed E-state index contributed by atoms with van der Waals surface area (Å²) < 4.78 is 11.4. The molecular formula is C32H53NO2S4. The van der Waals surface area contributed by atoms with Gasteiger partial charge in [-0.05, 0) is 61.1 Å². The van der Waals surface area contributed by atoms with E-state index in [2.05, 4.69) is 39.4 Å². The molecule has 2 aromatic carbocycles. The Bertz CT molecular complexity index is 701. The number of benzene rings is 2. The molecule has 222 valence electrons. The van der Waals surface area contributed by atoms with Crippen molar-refractivity contribution in [2.45, 2.75) is 79.1 Å². The van der Waals surface area contributed by atoms with E-state index in [0.717, 1.165) is 22.6 Å². The Morgan fingerprint density at radius 1 is 0.641 bits per heavy atom. The zero-order valence-electron chi connectivity index (χ0n) is 25.2. The maximum atomic E-state index is 5.01. The van der Waals surface area contributed by atoms with Gasteiger partial charge in [0.2, 0.25) is 0 Å². The molecule has 39 heavy (non-hydrogen) atoms. The van der Waals surface area contributed by atoms with Crippen molar-refractivity contribution in [3.05, 3.63) is 71.2 Å². The van der Waals surface area contributed by atoms with E-state index in [1.165, 1.54) is 104 Å². The van der Waals surface area contributed by atoms with Crippen LogP contribution in [0.1, 0.15) is 90.2 Å². The molecule has 0 atom stereocenters. The van der Waals surface area contributed by atoms with Crippen molar-refractivity contribution in [3.63, 3.8) is 0 Å². The van der Waals surface area contributed by atoms with Gasteiger partial charge in [0.05, 0.1) is 46.2 Å². The molecule has 2 aromatic rings. The van der Waals surface area contributed by atoms with E-state index >= 15 is 0 Å². The predicted octanol–water partition coefficient (Wildman–Crippen LogP) is 10.2. The number of rotatable bonds is 18. The second kappa shape index (κ2) is 26.3. The van der Waals surface area contributed by atoms with Crippen molar-refractivity contribution >= 4 is 44.9 Å². The molecule has 0 aromatic heterocycles. The lowest BCUT2D eigenvalue weighted by Crippen LogP contribution is -2.50. The first-order chi connectivity index (χ1) is 19.0. The van der Waals surface area contributed by atoms with Gasteiger partial charge in [0.1, 0.15) is 11.5 Å². The van der Waals surface area contributed by atoms with Crippen LogP contribution in [0.5, 0.6) is 11.5 Å². The third kappa shape index (κ3) is 19.2. The zero-order valence-corrected chi connectivity index (χ0v) is 28.5. The van der Waals surface area contributed by atoms with Gasteiger partial charge in [0.15, 0.2) is 0 Å². The van der Waals surface area contributed by atoms with Crippen molar-refractivity contribution < 1.29 is 14.0 Å². The normalized spacial score (nSPS) is 10.7. The zero-order chi connectivity index (χ0) is 29.2. The fraction of sp³-hybridized carbons (Fsp3) is 0.562. The summed E-state index contributed by atoms with van der Waals surface area (Å²) in [5.41, 5.74) is 2.26. The fourth-order valence-corrected chi connectivity index (χ4v) is 5.37. The lowest BCUT2D eigenvalue weighted by atomic mass is 10.1. The Kier molecular flexibility index (Phi) is 25.9. The van der Waals surface area contributed by atoms with Crippen LogP contribution < -0.4 is 9.47 Å². The van der Waals surface area contributed by atoms with E-state index in [4.69, 9.17) is 21.1 Å². The van der Waals surface area contributed by atoms with E-state index in [1.54, 1.807) is 14.2 Å². The van der Waals surface area contributed by atoms with Crippen LogP contribution in [0.25, 0.3) is 0 Å². The highest BCUT2D eigenvalue weighted by Crippen LogP contribution is 2.20. The van der Waals surface area contributed by atoms with Gasteiger partial charge in [-0.2, -0.15) is 0 Å². The van der Waals surface area contributed by atoms with Crippen LogP contribution in [-0.2, 0) is 11.7 Å². The molecular weight excluding hydrogens is 559 g/mol. The number of unbranched alkanes of at least 4 members (excludes halogenated alkanes) is 4. The highest BCUT2D eigenvalue weighted by Gasteiger charge is 2.24. The highest BCUT2D eigenvalue weighted by molar-refractivity contribution is 8.69. The molecule has 7 heteroatoms. The first-order valence-corrected chi connectivity index (χ1v) is 18.1. The molecule has 0 bridgehead atoms. The van der Waals surface area contributed by atoms with Gasteiger partial charge in [0.25, 0.3) is 0 Å². The molecule has 0 fully saturated rings. The molecule has 0 amide bonds. The minimum atomic E-state index is 0.872. The highest BCUT2D eigenvalue weighted by atomic mass is 33.1. The third-order valence-electron chi connectivity index (χ3n) is 6.55. The topological polar surface area (TPSA) is 18.5 Å². The van der Waals surface area contributed by atoms with Gasteiger partial charge in [0, 0.05) is 5.75 Å². The summed E-state index contributed by atoms with van der Waals surface area (Å²) in [5.74, 6) is 5.62. The quantitative estimate of drug-likeness (QED) is 0.0780. The maximum absolute atomic E-state index is 5.01. The molecule has 0 aliphatic rings. The minimum Gasteiger partial charge on any atom is -0.718 e. The number of nitrogens with zero attached hydrogens (tertiary/aromatic N) is 1. The molecule has 0 aliphatic heterocycles. The largest absolute Gasteiger partial charge is 0.718 e. The summed E-state index contributed by atoms with van der Waals surface area (Å²) in [6.07, 6.45) is 11.1. The summed E-state index contributed by atoms with van der Waals surface area (Å²) in [5, 5.41) is 0. The Balaban J connectivity index is 0.000000575. The third-order valence-corrected chi connectivity index (χ3v) is 7.90. The van der Waals surface area contributed by atoms with E-state index in [9.17, 15) is 0 Å². The van der Waals surface area contributed by atoms with Crippen LogP contribution in [0.15, 0.2) is 48.5 Å². The summed E-state index contributed by atoms with van der Waals surface area (Å²) in [6, 6.07) is 15.6. The number of hydrogen-bond donors (Lipinski definition) is 1. The molecule has 0 spiro atoms. The minimum absolute atomic E-state index is 0.872. The second-order valence-corrected chi connectivity index (χ2v) is 11.7. The molecule has 0 aliphatic carbocycles. The number of ether oxygens (including phenoxy) is 2. The average Bonchev–Trinajstić information content (AvgIpc) is 2.98. The van der Waals surface area contributed by atoms with Crippen molar-refractivity contribution in [1.29, 1.82) is 0 Å². The Morgan fingerprint density at radius 3 is 1.23 bits per heavy atom. The van der Waals surface area contributed by atoms with Crippen molar-refractivity contribution in [1.82, 2.24) is 0 Å². The summed E-state index contributed by atoms with van der Waals surface area (Å²) in [7, 11) is 5.99. The maximum Gasteiger partial charge on any atom is 0.118 e. The van der Waals surface area contributed by atoms with Crippen molar-refractivity contribution in [2.24, 2.45) is 0 Å². The molecule has 0 heterocycles. The molecule has 0 saturated carbocycles. The average molecular weight is 612 g/mol. The van der Waals surface area contributed by atoms with E-state index in [0.29, 0.717) is 0 Å². The molecule has 3 nitrogen and oxygen atoms in total. The molecule has 0 unspecified atom stereocenters. The summed E-state index contributed by atoms with van der Waals surface area (Å²) in [6.45, 7) is 15.0. The predicted molar refractivity (Wildman–Crippen MR) is 184 cm³/mol. The monoisotopic (exact) mass is 611 g/mol. The van der Waals surface area contributed by atoms with Crippen LogP contribution in [0.2, 0.25) is 0 Å². The second-order valence-electron chi connectivity index (χ2n) is 9.63. The SMILES string of the molecule is CCCC[N+](CCCC)(CCCC)CCCC.COc1ccc([CH]SS)cc1.COc1ccc([CH]S[S-])cc1. The van der Waals surface area contributed by atoms with Crippen LogP contribution in [0, 0.1) is 11.5 Å². The lowest BCUT2D eigenvalue weighted by Gasteiger charge is -2.39. The lowest BCUT2D eigenvalue weighted by molar-refractivity contribution is -0.929. The molecule has 0 saturated heterocycles. The van der Waals surface area contributed by atoms with Gasteiger partial charge < -0.3 is 36.4 Å². The van der Waals surface area contributed by atoms with Gasteiger partial charge in [-0.25, -0.2) is 0 Å². The Hall–Kier alpha value is -0.600. The van der Waals surface area contributed by atoms with Gasteiger partial charge in [-0.3, -0.25) is 0 Å². The van der Waals surface area contributed by atoms with Gasteiger partial charge in [-0.1, -0.05) is 88.4 Å². The summed E-state index contributed by atoms with van der Waals surface area (Å²) >= 11 is 8.74. The van der Waals surface area contributed by atoms with Crippen LogP contribution in [-0.4, -0.2) is 44.9 Å². The van der Waals surface area contributed by atoms with E-state index in [-0.39, 0.29) is 0 Å². The first kappa shape index (κ1) is 38.4. The van der Waals surface area contributed by atoms with E-state index in [1.807, 2.05) is 60.0 Å². The number of hydrogen-bond acceptors (Lipinski definition) is 6.